The molecule has 0 aliphatic heterocycles. The van der Waals surface area contributed by atoms with Crippen LogP contribution < -0.4 is 5.32 Å². The quantitative estimate of drug-likeness (QED) is 0.502. The van der Waals surface area contributed by atoms with E-state index < -0.39 is 11.5 Å². The summed E-state index contributed by atoms with van der Waals surface area (Å²) in [6.45, 7) is 8.41. The molecule has 6 heteroatoms. The Bertz CT molecular complexity index is 268. The summed E-state index contributed by atoms with van der Waals surface area (Å²) in [5.74, 6) is -0.757. The average molecular weight is 304 g/mol. The van der Waals surface area contributed by atoms with E-state index in [9.17, 15) is 9.90 Å². The summed E-state index contributed by atoms with van der Waals surface area (Å²) in [5.41, 5.74) is -0.803. The van der Waals surface area contributed by atoms with E-state index in [0.29, 0.717) is 32.6 Å². The third kappa shape index (κ3) is 7.76. The first kappa shape index (κ1) is 20.3. The summed E-state index contributed by atoms with van der Waals surface area (Å²) in [4.78, 5) is 13.8. The lowest BCUT2D eigenvalue weighted by molar-refractivity contribution is -0.145. The second-order valence-electron chi connectivity index (χ2n) is 5.20. The monoisotopic (exact) mass is 304 g/mol. The van der Waals surface area contributed by atoms with Crippen LogP contribution in [0, 0.1) is 0 Å². The Balaban J connectivity index is 4.38. The molecule has 126 valence electrons. The molecule has 0 bridgehead atoms. The van der Waals surface area contributed by atoms with Gasteiger partial charge in [0.2, 0.25) is 0 Å². The van der Waals surface area contributed by atoms with Crippen molar-refractivity contribution in [3.63, 3.8) is 0 Å². The summed E-state index contributed by atoms with van der Waals surface area (Å²) >= 11 is 0. The first-order valence-electron chi connectivity index (χ1n) is 7.75. The number of nitrogens with one attached hydrogen (secondary N) is 1. The van der Waals surface area contributed by atoms with Gasteiger partial charge in [-0.15, -0.1) is 0 Å². The zero-order chi connectivity index (χ0) is 16.1. The van der Waals surface area contributed by atoms with Gasteiger partial charge in [0.1, 0.15) is 5.54 Å². The van der Waals surface area contributed by atoms with Crippen LogP contribution in [-0.4, -0.2) is 75.1 Å². The molecule has 0 aromatic rings. The molecule has 0 saturated heterocycles. The number of carboxylic acid groups (broad SMARTS) is 1. The van der Waals surface area contributed by atoms with Gasteiger partial charge in [-0.2, -0.15) is 0 Å². The number of likely N-dealkylation sites (N-methyl/N-ethyl adjacent to an activating group) is 1. The highest BCUT2D eigenvalue weighted by Gasteiger charge is 2.35. The van der Waals surface area contributed by atoms with Crippen molar-refractivity contribution in [3.8, 4) is 0 Å². The summed E-state index contributed by atoms with van der Waals surface area (Å²) in [5, 5.41) is 12.6. The maximum absolute atomic E-state index is 11.5. The molecule has 2 N–H and O–H groups in total. The minimum Gasteiger partial charge on any atom is -0.480 e. The number of carboxylic acids is 1. The van der Waals surface area contributed by atoms with Crippen LogP contribution in [0.25, 0.3) is 0 Å². The SMILES string of the molecule is CCNC(CC)(CCCN(CCOC)CCOC)C(=O)O. The van der Waals surface area contributed by atoms with Gasteiger partial charge in [-0.25, -0.2) is 0 Å². The molecule has 0 saturated carbocycles. The van der Waals surface area contributed by atoms with E-state index in [1.807, 2.05) is 13.8 Å². The second-order valence-corrected chi connectivity index (χ2v) is 5.20. The number of hydrogen-bond donors (Lipinski definition) is 2. The van der Waals surface area contributed by atoms with Gasteiger partial charge in [0.15, 0.2) is 0 Å². The van der Waals surface area contributed by atoms with Crippen LogP contribution in [0.4, 0.5) is 0 Å². The lowest BCUT2D eigenvalue weighted by Gasteiger charge is -2.30. The zero-order valence-corrected chi connectivity index (χ0v) is 14.0. The van der Waals surface area contributed by atoms with Crippen LogP contribution in [0.1, 0.15) is 33.1 Å². The Morgan fingerprint density at radius 3 is 2.10 bits per heavy atom. The Labute approximate surface area is 128 Å². The number of nitrogens with zero attached hydrogens (tertiary/aromatic N) is 1. The number of carbonyl (C=O) groups is 1. The highest BCUT2D eigenvalue weighted by atomic mass is 16.5. The Morgan fingerprint density at radius 2 is 1.71 bits per heavy atom. The van der Waals surface area contributed by atoms with E-state index in [1.165, 1.54) is 0 Å². The average Bonchev–Trinajstić information content (AvgIpc) is 2.48. The minimum atomic E-state index is -0.803. The van der Waals surface area contributed by atoms with E-state index in [1.54, 1.807) is 14.2 Å². The highest BCUT2D eigenvalue weighted by Crippen LogP contribution is 2.18. The molecule has 0 aliphatic rings. The number of rotatable bonds is 14. The van der Waals surface area contributed by atoms with E-state index in [0.717, 1.165) is 26.1 Å². The molecule has 0 amide bonds. The van der Waals surface area contributed by atoms with Gasteiger partial charge in [0.25, 0.3) is 0 Å². The predicted molar refractivity (Wildman–Crippen MR) is 83.8 cm³/mol. The Hall–Kier alpha value is -0.690. The van der Waals surface area contributed by atoms with E-state index in [-0.39, 0.29) is 0 Å². The molecule has 6 nitrogen and oxygen atoms in total. The number of hydrogen-bond acceptors (Lipinski definition) is 5. The molecular weight excluding hydrogens is 272 g/mol. The highest BCUT2D eigenvalue weighted by molar-refractivity contribution is 5.78. The molecule has 0 aliphatic carbocycles. The summed E-state index contributed by atoms with van der Waals surface area (Å²) in [7, 11) is 3.37. The fraction of sp³-hybridized carbons (Fsp3) is 0.933. The fourth-order valence-electron chi connectivity index (χ4n) is 2.44. The number of methoxy groups -OCH3 is 2. The summed E-state index contributed by atoms with van der Waals surface area (Å²) in [6, 6.07) is 0. The van der Waals surface area contributed by atoms with Crippen molar-refractivity contribution in [3.05, 3.63) is 0 Å². The van der Waals surface area contributed by atoms with Crippen LogP contribution in [0.15, 0.2) is 0 Å². The molecule has 0 aromatic carbocycles. The van der Waals surface area contributed by atoms with Crippen molar-refractivity contribution in [2.45, 2.75) is 38.6 Å². The van der Waals surface area contributed by atoms with Gasteiger partial charge >= 0.3 is 5.97 Å². The molecule has 0 fully saturated rings. The first-order valence-corrected chi connectivity index (χ1v) is 7.75. The number of ether oxygens (including phenoxy) is 2. The molecule has 0 heterocycles. The smallest absolute Gasteiger partial charge is 0.323 e. The molecular formula is C15H32N2O4. The Kier molecular flexibility index (Phi) is 11.5. The lowest BCUT2D eigenvalue weighted by Crippen LogP contribution is -2.52. The topological polar surface area (TPSA) is 71.0 Å². The van der Waals surface area contributed by atoms with E-state index in [2.05, 4.69) is 10.2 Å². The summed E-state index contributed by atoms with van der Waals surface area (Å²) in [6.07, 6.45) is 2.05. The lowest BCUT2D eigenvalue weighted by atomic mass is 9.90. The predicted octanol–water partition coefficient (Wildman–Crippen LogP) is 1.20. The van der Waals surface area contributed by atoms with Crippen molar-refractivity contribution in [1.29, 1.82) is 0 Å². The third-order valence-corrected chi connectivity index (χ3v) is 3.83. The van der Waals surface area contributed by atoms with Crippen LogP contribution in [0.3, 0.4) is 0 Å². The standard InChI is InChI=1S/C15H32N2O4/c1-5-15(14(18)19,16-6-2)8-7-9-17(10-12-20-3)11-13-21-4/h16H,5-13H2,1-4H3,(H,18,19). The van der Waals surface area contributed by atoms with Crippen molar-refractivity contribution in [2.75, 3.05) is 53.6 Å². The number of aliphatic carboxylic acids is 1. The van der Waals surface area contributed by atoms with Crippen LogP contribution in [0.2, 0.25) is 0 Å². The third-order valence-electron chi connectivity index (χ3n) is 3.83. The van der Waals surface area contributed by atoms with Crippen molar-refractivity contribution in [1.82, 2.24) is 10.2 Å². The molecule has 1 unspecified atom stereocenters. The zero-order valence-electron chi connectivity index (χ0n) is 14.0. The molecule has 0 aromatic heterocycles. The van der Waals surface area contributed by atoms with Crippen molar-refractivity contribution < 1.29 is 19.4 Å². The Morgan fingerprint density at radius 1 is 1.14 bits per heavy atom. The normalized spacial score (nSPS) is 14.3. The van der Waals surface area contributed by atoms with Gasteiger partial charge in [0, 0.05) is 27.3 Å². The van der Waals surface area contributed by atoms with Gasteiger partial charge in [-0.1, -0.05) is 13.8 Å². The van der Waals surface area contributed by atoms with E-state index >= 15 is 0 Å². The van der Waals surface area contributed by atoms with E-state index in [4.69, 9.17) is 9.47 Å². The molecule has 0 spiro atoms. The largest absolute Gasteiger partial charge is 0.480 e. The first-order chi connectivity index (χ1) is 10.1. The fourth-order valence-corrected chi connectivity index (χ4v) is 2.44. The van der Waals surface area contributed by atoms with Crippen LogP contribution >= 0.6 is 0 Å². The van der Waals surface area contributed by atoms with Gasteiger partial charge < -0.3 is 19.9 Å². The molecule has 1 atom stereocenters. The molecule has 0 rings (SSSR count). The second kappa shape index (κ2) is 11.9. The summed E-state index contributed by atoms with van der Waals surface area (Å²) < 4.78 is 10.2. The van der Waals surface area contributed by atoms with Crippen molar-refractivity contribution >= 4 is 5.97 Å². The van der Waals surface area contributed by atoms with Gasteiger partial charge in [-0.3, -0.25) is 9.69 Å². The maximum atomic E-state index is 11.5. The molecule has 21 heavy (non-hydrogen) atoms. The molecule has 0 radical (unpaired) electrons. The van der Waals surface area contributed by atoms with Crippen LogP contribution in [0.5, 0.6) is 0 Å². The van der Waals surface area contributed by atoms with Gasteiger partial charge in [0.05, 0.1) is 13.2 Å². The van der Waals surface area contributed by atoms with Crippen molar-refractivity contribution in [2.24, 2.45) is 0 Å². The maximum Gasteiger partial charge on any atom is 0.323 e. The van der Waals surface area contributed by atoms with Gasteiger partial charge in [-0.05, 0) is 32.4 Å². The van der Waals surface area contributed by atoms with Crippen LogP contribution in [-0.2, 0) is 14.3 Å². The minimum absolute atomic E-state index is 0.590.